The molecule has 7 nitrogen and oxygen atoms in total. The summed E-state index contributed by atoms with van der Waals surface area (Å²) in [4.78, 5) is 26.7. The van der Waals surface area contributed by atoms with Gasteiger partial charge in [-0.1, -0.05) is 19.4 Å². The number of likely N-dealkylation sites (tertiary alicyclic amines) is 1. The van der Waals surface area contributed by atoms with Gasteiger partial charge in [-0.15, -0.1) is 0 Å². The molecule has 1 aliphatic heterocycles. The van der Waals surface area contributed by atoms with Gasteiger partial charge in [-0.25, -0.2) is 4.79 Å². The number of nitrogens with zero attached hydrogens (tertiary/aromatic N) is 1. The molecular formula is C24H38N2O5. The van der Waals surface area contributed by atoms with Crippen LogP contribution in [0.25, 0.3) is 0 Å². The van der Waals surface area contributed by atoms with Crippen LogP contribution < -0.4 is 10.1 Å². The molecule has 7 heteroatoms. The van der Waals surface area contributed by atoms with Crippen molar-refractivity contribution in [2.75, 3.05) is 26.2 Å². The molecule has 0 unspecified atom stereocenters. The molecule has 0 aliphatic carbocycles. The fourth-order valence-electron chi connectivity index (χ4n) is 3.66. The maximum atomic E-state index is 12.9. The monoisotopic (exact) mass is 434 g/mol. The van der Waals surface area contributed by atoms with E-state index >= 15 is 0 Å². The highest BCUT2D eigenvalue weighted by molar-refractivity contribution is 5.97. The average Bonchev–Trinajstić information content (AvgIpc) is 2.66. The Morgan fingerprint density at radius 1 is 1.26 bits per heavy atom. The molecule has 2 amide bonds. The Bertz CT molecular complexity index is 772. The molecule has 0 bridgehead atoms. The predicted molar refractivity (Wildman–Crippen MR) is 121 cm³/mol. The van der Waals surface area contributed by atoms with Gasteiger partial charge in [-0.3, -0.25) is 4.79 Å². The summed E-state index contributed by atoms with van der Waals surface area (Å²) < 4.78 is 11.3. The highest BCUT2D eigenvalue weighted by atomic mass is 16.6. The molecule has 0 spiro atoms. The van der Waals surface area contributed by atoms with Crippen LogP contribution in [0.4, 0.5) is 4.79 Å². The van der Waals surface area contributed by atoms with Gasteiger partial charge < -0.3 is 24.8 Å². The summed E-state index contributed by atoms with van der Waals surface area (Å²) in [6.45, 7) is 13.0. The topological polar surface area (TPSA) is 88.1 Å². The number of aryl methyl sites for hydroxylation is 2. The van der Waals surface area contributed by atoms with Gasteiger partial charge in [0, 0.05) is 19.0 Å². The van der Waals surface area contributed by atoms with Crippen LogP contribution in [0.1, 0.15) is 68.4 Å². The molecular weight excluding hydrogens is 396 g/mol. The lowest BCUT2D eigenvalue weighted by molar-refractivity contribution is -0.0122. The van der Waals surface area contributed by atoms with E-state index in [1.165, 1.54) is 4.90 Å². The first kappa shape index (κ1) is 25.0. The van der Waals surface area contributed by atoms with E-state index in [0.717, 1.165) is 24.0 Å². The van der Waals surface area contributed by atoms with Crippen LogP contribution >= 0.6 is 0 Å². The van der Waals surface area contributed by atoms with Crippen LogP contribution in [0.2, 0.25) is 0 Å². The molecule has 1 aromatic rings. The largest absolute Gasteiger partial charge is 0.492 e. The third kappa shape index (κ3) is 7.42. The number of hydrogen-bond acceptors (Lipinski definition) is 5. The third-order valence-corrected chi connectivity index (χ3v) is 5.31. The second kappa shape index (κ2) is 10.8. The molecule has 0 radical (unpaired) electrons. The van der Waals surface area contributed by atoms with Gasteiger partial charge in [0.2, 0.25) is 0 Å². The van der Waals surface area contributed by atoms with Crippen molar-refractivity contribution in [3.63, 3.8) is 0 Å². The molecule has 31 heavy (non-hydrogen) atoms. The number of benzene rings is 1. The van der Waals surface area contributed by atoms with E-state index in [4.69, 9.17) is 9.47 Å². The Morgan fingerprint density at radius 3 is 2.58 bits per heavy atom. The molecule has 1 aliphatic rings. The minimum atomic E-state index is -0.721. The van der Waals surface area contributed by atoms with Gasteiger partial charge in [0.05, 0.1) is 24.8 Å². The smallest absolute Gasteiger partial charge is 0.410 e. The van der Waals surface area contributed by atoms with Gasteiger partial charge in [0.25, 0.3) is 5.91 Å². The first-order valence-corrected chi connectivity index (χ1v) is 11.2. The number of nitrogens with one attached hydrogen (secondary N) is 1. The number of aliphatic hydroxyl groups is 1. The average molecular weight is 435 g/mol. The standard InChI is InChI=1S/C24H38N2O5/c1-7-8-11-30-21-17(3)12-16(2)13-19(21)22(28)25-14-18-9-10-26(15-20(18)27)23(29)31-24(4,5)6/h12-13,18,20,27H,7-11,14-15H2,1-6H3,(H,25,28)/t18-,20+/m0/s1. The van der Waals surface area contributed by atoms with Crippen LogP contribution in [0.3, 0.4) is 0 Å². The fourth-order valence-corrected chi connectivity index (χ4v) is 3.66. The molecule has 2 atom stereocenters. The minimum Gasteiger partial charge on any atom is -0.492 e. The van der Waals surface area contributed by atoms with Crippen molar-refractivity contribution in [2.24, 2.45) is 5.92 Å². The van der Waals surface area contributed by atoms with Crippen molar-refractivity contribution in [3.8, 4) is 5.75 Å². The number of piperidine rings is 1. The fraction of sp³-hybridized carbons (Fsp3) is 0.667. The summed E-state index contributed by atoms with van der Waals surface area (Å²) in [6.07, 6.45) is 1.40. The van der Waals surface area contributed by atoms with E-state index in [2.05, 4.69) is 12.2 Å². The first-order valence-electron chi connectivity index (χ1n) is 11.2. The number of ether oxygens (including phenoxy) is 2. The number of β-amino-alcohol motifs (C(OH)–C–C–N with tert-alkyl or cyclic N) is 1. The van der Waals surface area contributed by atoms with E-state index in [9.17, 15) is 14.7 Å². The second-order valence-corrected chi connectivity index (χ2v) is 9.41. The lowest BCUT2D eigenvalue weighted by Gasteiger charge is -2.36. The van der Waals surface area contributed by atoms with Gasteiger partial charge >= 0.3 is 6.09 Å². The van der Waals surface area contributed by atoms with Crippen molar-refractivity contribution in [1.29, 1.82) is 0 Å². The van der Waals surface area contributed by atoms with Crippen LogP contribution in [-0.4, -0.2) is 60.0 Å². The Morgan fingerprint density at radius 2 is 1.97 bits per heavy atom. The van der Waals surface area contributed by atoms with E-state index in [1.807, 2.05) is 46.8 Å². The molecule has 1 saturated heterocycles. The number of carbonyl (C=O) groups excluding carboxylic acids is 2. The first-order chi connectivity index (χ1) is 14.5. The highest BCUT2D eigenvalue weighted by Gasteiger charge is 2.32. The quantitative estimate of drug-likeness (QED) is 0.637. The molecule has 0 saturated carbocycles. The van der Waals surface area contributed by atoms with Crippen molar-refractivity contribution in [1.82, 2.24) is 10.2 Å². The zero-order chi connectivity index (χ0) is 23.2. The minimum absolute atomic E-state index is 0.127. The zero-order valence-electron chi connectivity index (χ0n) is 19.8. The Kier molecular flexibility index (Phi) is 8.74. The van der Waals surface area contributed by atoms with Crippen LogP contribution in [-0.2, 0) is 4.74 Å². The van der Waals surface area contributed by atoms with Crippen molar-refractivity contribution < 1.29 is 24.2 Å². The number of aliphatic hydroxyl groups excluding tert-OH is 1. The molecule has 1 heterocycles. The van der Waals surface area contributed by atoms with Crippen LogP contribution in [0.5, 0.6) is 5.75 Å². The number of amides is 2. The van der Waals surface area contributed by atoms with E-state index in [-0.39, 0.29) is 18.4 Å². The van der Waals surface area contributed by atoms with Crippen LogP contribution in [0.15, 0.2) is 12.1 Å². The summed E-state index contributed by atoms with van der Waals surface area (Å²) in [5, 5.41) is 13.5. The van der Waals surface area contributed by atoms with Crippen LogP contribution in [0, 0.1) is 19.8 Å². The second-order valence-electron chi connectivity index (χ2n) is 9.41. The Hall–Kier alpha value is -2.28. The summed E-state index contributed by atoms with van der Waals surface area (Å²) in [6, 6.07) is 3.85. The van der Waals surface area contributed by atoms with E-state index in [0.29, 0.717) is 37.4 Å². The molecule has 1 fully saturated rings. The Balaban J connectivity index is 1.97. The summed E-state index contributed by atoms with van der Waals surface area (Å²) >= 11 is 0. The SMILES string of the molecule is CCCCOc1c(C)cc(C)cc1C(=O)NC[C@@H]1CCN(C(=O)OC(C)(C)C)C[C@H]1O. The van der Waals surface area contributed by atoms with Crippen molar-refractivity contribution in [2.45, 2.75) is 72.5 Å². The number of rotatable bonds is 7. The molecule has 2 rings (SSSR count). The normalized spacial score (nSPS) is 19.1. The molecule has 0 aromatic heterocycles. The number of unbranched alkanes of at least 4 members (excludes halogenated alkanes) is 1. The molecule has 174 valence electrons. The van der Waals surface area contributed by atoms with E-state index < -0.39 is 17.8 Å². The van der Waals surface area contributed by atoms with Gasteiger partial charge in [0.15, 0.2) is 0 Å². The van der Waals surface area contributed by atoms with Crippen molar-refractivity contribution in [3.05, 3.63) is 28.8 Å². The Labute approximate surface area is 186 Å². The number of carbonyl (C=O) groups is 2. The van der Waals surface area contributed by atoms with Gasteiger partial charge in [-0.2, -0.15) is 0 Å². The zero-order valence-corrected chi connectivity index (χ0v) is 19.8. The maximum Gasteiger partial charge on any atom is 0.410 e. The van der Waals surface area contributed by atoms with Gasteiger partial charge in [-0.05, 0) is 64.7 Å². The highest BCUT2D eigenvalue weighted by Crippen LogP contribution is 2.26. The van der Waals surface area contributed by atoms with Gasteiger partial charge in [0.1, 0.15) is 11.4 Å². The predicted octanol–water partition coefficient (Wildman–Crippen LogP) is 3.83. The molecule has 1 aromatic carbocycles. The molecule has 2 N–H and O–H groups in total. The van der Waals surface area contributed by atoms with E-state index in [1.54, 1.807) is 0 Å². The lowest BCUT2D eigenvalue weighted by Crippen LogP contribution is -2.50. The summed E-state index contributed by atoms with van der Waals surface area (Å²) in [5.41, 5.74) is 1.88. The maximum absolute atomic E-state index is 12.9. The summed E-state index contributed by atoms with van der Waals surface area (Å²) in [7, 11) is 0. The lowest BCUT2D eigenvalue weighted by atomic mass is 9.93. The third-order valence-electron chi connectivity index (χ3n) is 5.31. The number of hydrogen-bond donors (Lipinski definition) is 2. The van der Waals surface area contributed by atoms with Crippen molar-refractivity contribution >= 4 is 12.0 Å². The summed E-state index contributed by atoms with van der Waals surface area (Å²) in [5.74, 6) is 0.287.